The number of furan rings is 1. The van der Waals surface area contributed by atoms with Crippen molar-refractivity contribution < 1.29 is 13.9 Å². The van der Waals surface area contributed by atoms with E-state index in [2.05, 4.69) is 26.5 Å². The van der Waals surface area contributed by atoms with Gasteiger partial charge in [-0.25, -0.2) is 5.43 Å². The molecule has 0 unspecified atom stereocenters. The van der Waals surface area contributed by atoms with E-state index >= 15 is 0 Å². The van der Waals surface area contributed by atoms with Crippen LogP contribution in [-0.2, 0) is 6.61 Å². The van der Waals surface area contributed by atoms with Crippen LogP contribution in [0, 0.1) is 0 Å². The number of carbonyl (C=O) groups excluding carboxylic acids is 1. The van der Waals surface area contributed by atoms with Crippen molar-refractivity contribution in [3.05, 3.63) is 98.1 Å². The summed E-state index contributed by atoms with van der Waals surface area (Å²) >= 11 is 15.4. The van der Waals surface area contributed by atoms with Crippen molar-refractivity contribution in [2.24, 2.45) is 5.10 Å². The highest BCUT2D eigenvalue weighted by molar-refractivity contribution is 9.10. The molecule has 156 valence electrons. The van der Waals surface area contributed by atoms with Gasteiger partial charge in [0, 0.05) is 15.4 Å². The van der Waals surface area contributed by atoms with Crippen LogP contribution in [0.4, 0.5) is 0 Å². The van der Waals surface area contributed by atoms with Crippen molar-refractivity contribution in [1.82, 2.24) is 5.43 Å². The summed E-state index contributed by atoms with van der Waals surface area (Å²) in [5, 5.41) is 5.82. The fourth-order valence-electron chi connectivity index (χ4n) is 2.85. The van der Waals surface area contributed by atoms with Crippen LogP contribution >= 0.6 is 39.1 Å². The van der Waals surface area contributed by atoms with Crippen molar-refractivity contribution in [3.63, 3.8) is 0 Å². The van der Waals surface area contributed by atoms with Crippen molar-refractivity contribution in [1.29, 1.82) is 0 Å². The van der Waals surface area contributed by atoms with Gasteiger partial charge in [0.1, 0.15) is 17.9 Å². The summed E-state index contributed by atoms with van der Waals surface area (Å²) in [7, 11) is 0. The number of nitrogens with one attached hydrogen (secondary N) is 1. The van der Waals surface area contributed by atoms with E-state index in [1.165, 1.54) is 6.21 Å². The summed E-state index contributed by atoms with van der Waals surface area (Å²) in [6, 6.07) is 19.9. The van der Waals surface area contributed by atoms with Gasteiger partial charge in [-0.05, 0) is 54.1 Å². The smallest absolute Gasteiger partial charge is 0.307 e. The number of ether oxygens (including phenoxy) is 1. The Labute approximate surface area is 196 Å². The molecule has 1 heterocycles. The van der Waals surface area contributed by atoms with Gasteiger partial charge in [0.05, 0.1) is 16.3 Å². The first kappa shape index (κ1) is 21.4. The number of para-hydroxylation sites is 1. The number of hydrogen-bond acceptors (Lipinski definition) is 4. The lowest BCUT2D eigenvalue weighted by Gasteiger charge is -2.09. The number of rotatable bonds is 6. The number of benzene rings is 3. The minimum Gasteiger partial charge on any atom is -0.488 e. The first-order valence-corrected chi connectivity index (χ1v) is 10.7. The van der Waals surface area contributed by atoms with Crippen LogP contribution in [0.25, 0.3) is 11.0 Å². The van der Waals surface area contributed by atoms with E-state index in [1.807, 2.05) is 42.5 Å². The van der Waals surface area contributed by atoms with E-state index in [9.17, 15) is 4.79 Å². The molecule has 31 heavy (non-hydrogen) atoms. The summed E-state index contributed by atoms with van der Waals surface area (Å²) in [6.07, 6.45) is 1.52. The first-order valence-electron chi connectivity index (χ1n) is 9.18. The summed E-state index contributed by atoms with van der Waals surface area (Å²) in [4.78, 5) is 12.4. The van der Waals surface area contributed by atoms with Crippen LogP contribution in [0.1, 0.15) is 21.7 Å². The van der Waals surface area contributed by atoms with Crippen LogP contribution in [0.2, 0.25) is 10.0 Å². The van der Waals surface area contributed by atoms with Gasteiger partial charge in [-0.3, -0.25) is 4.79 Å². The summed E-state index contributed by atoms with van der Waals surface area (Å²) in [5.74, 6) is 0.340. The van der Waals surface area contributed by atoms with Gasteiger partial charge < -0.3 is 9.15 Å². The summed E-state index contributed by atoms with van der Waals surface area (Å²) in [6.45, 7) is 0.308. The maximum absolute atomic E-state index is 12.4. The van der Waals surface area contributed by atoms with Gasteiger partial charge >= 0.3 is 5.91 Å². The lowest BCUT2D eigenvalue weighted by Crippen LogP contribution is -2.16. The number of nitrogens with zero attached hydrogens (tertiary/aromatic N) is 1. The molecule has 0 aliphatic rings. The molecule has 0 atom stereocenters. The van der Waals surface area contributed by atoms with Gasteiger partial charge in [0.15, 0.2) is 5.76 Å². The Morgan fingerprint density at radius 3 is 2.74 bits per heavy atom. The van der Waals surface area contributed by atoms with E-state index in [0.29, 0.717) is 33.5 Å². The molecule has 0 aliphatic heterocycles. The SMILES string of the molecule is O=C(N/N=C/c1ccccc1OCc1ccc(Cl)c(Cl)c1)c1cc2cc(Br)ccc2o1. The van der Waals surface area contributed by atoms with E-state index in [4.69, 9.17) is 32.4 Å². The molecule has 1 aromatic heterocycles. The molecule has 0 fully saturated rings. The number of hydrazone groups is 1. The molecule has 8 heteroatoms. The third-order valence-corrected chi connectivity index (χ3v) is 5.60. The van der Waals surface area contributed by atoms with Crippen LogP contribution < -0.4 is 10.2 Å². The molecule has 0 saturated carbocycles. The summed E-state index contributed by atoms with van der Waals surface area (Å²) in [5.41, 5.74) is 4.68. The number of fused-ring (bicyclic) bond motifs is 1. The number of halogens is 3. The van der Waals surface area contributed by atoms with E-state index in [0.717, 1.165) is 15.4 Å². The molecule has 1 amide bonds. The van der Waals surface area contributed by atoms with E-state index in [1.54, 1.807) is 24.3 Å². The average molecular weight is 518 g/mol. The van der Waals surface area contributed by atoms with Crippen molar-refractivity contribution in [3.8, 4) is 5.75 Å². The van der Waals surface area contributed by atoms with E-state index < -0.39 is 5.91 Å². The maximum atomic E-state index is 12.4. The Kier molecular flexibility index (Phi) is 6.61. The minimum atomic E-state index is -0.447. The molecule has 3 aromatic carbocycles. The van der Waals surface area contributed by atoms with Gasteiger partial charge in [-0.2, -0.15) is 5.10 Å². The van der Waals surface area contributed by atoms with Gasteiger partial charge in [0.25, 0.3) is 0 Å². The third-order valence-electron chi connectivity index (χ3n) is 4.37. The quantitative estimate of drug-likeness (QED) is 0.225. The molecular weight excluding hydrogens is 503 g/mol. The van der Waals surface area contributed by atoms with Crippen molar-refractivity contribution in [2.75, 3.05) is 0 Å². The van der Waals surface area contributed by atoms with Gasteiger partial charge in [-0.15, -0.1) is 0 Å². The molecule has 0 bridgehead atoms. The topological polar surface area (TPSA) is 63.8 Å². The fraction of sp³-hybridized carbons (Fsp3) is 0.0435. The van der Waals surface area contributed by atoms with Crippen LogP contribution in [0.5, 0.6) is 5.75 Å². The van der Waals surface area contributed by atoms with Crippen molar-refractivity contribution >= 4 is 62.2 Å². The molecule has 4 rings (SSSR count). The predicted molar refractivity (Wildman–Crippen MR) is 126 cm³/mol. The lowest BCUT2D eigenvalue weighted by atomic mass is 10.2. The normalized spacial score (nSPS) is 11.2. The van der Waals surface area contributed by atoms with Gasteiger partial charge in [-0.1, -0.05) is 57.3 Å². The Hall–Kier alpha value is -2.80. The molecule has 0 aliphatic carbocycles. The molecule has 0 spiro atoms. The second-order valence-corrected chi connectivity index (χ2v) is 8.30. The second kappa shape index (κ2) is 9.56. The lowest BCUT2D eigenvalue weighted by molar-refractivity contribution is 0.0929. The molecule has 1 N–H and O–H groups in total. The number of amides is 1. The second-order valence-electron chi connectivity index (χ2n) is 6.57. The zero-order valence-corrected chi connectivity index (χ0v) is 19.0. The fourth-order valence-corrected chi connectivity index (χ4v) is 3.55. The Morgan fingerprint density at radius 2 is 1.90 bits per heavy atom. The minimum absolute atomic E-state index is 0.175. The first-order chi connectivity index (χ1) is 15.0. The maximum Gasteiger partial charge on any atom is 0.307 e. The average Bonchev–Trinajstić information content (AvgIpc) is 3.18. The van der Waals surface area contributed by atoms with Crippen molar-refractivity contribution in [2.45, 2.75) is 6.61 Å². The zero-order valence-electron chi connectivity index (χ0n) is 15.9. The standard InChI is InChI=1S/C23H15BrCl2N2O3/c24-17-6-8-21-16(10-17)11-22(31-21)23(29)28-27-12-15-3-1-2-4-20(15)30-13-14-5-7-18(25)19(26)9-14/h1-12H,13H2,(H,28,29)/b27-12+. The zero-order chi connectivity index (χ0) is 21.8. The highest BCUT2D eigenvalue weighted by Crippen LogP contribution is 2.25. The van der Waals surface area contributed by atoms with Crippen LogP contribution in [-0.4, -0.2) is 12.1 Å². The predicted octanol–water partition coefficient (Wildman–Crippen LogP) is 6.85. The third kappa shape index (κ3) is 5.28. The number of hydrogen-bond donors (Lipinski definition) is 1. The molecule has 0 radical (unpaired) electrons. The largest absolute Gasteiger partial charge is 0.488 e. The molecular formula is C23H15BrCl2N2O3. The van der Waals surface area contributed by atoms with Crippen LogP contribution in [0.3, 0.4) is 0 Å². The van der Waals surface area contributed by atoms with E-state index in [-0.39, 0.29) is 5.76 Å². The van der Waals surface area contributed by atoms with Gasteiger partial charge in [0.2, 0.25) is 0 Å². The van der Waals surface area contributed by atoms with Crippen LogP contribution in [0.15, 0.2) is 80.7 Å². The number of carbonyl (C=O) groups is 1. The highest BCUT2D eigenvalue weighted by atomic mass is 79.9. The summed E-state index contributed by atoms with van der Waals surface area (Å²) < 4.78 is 12.4. The Bertz CT molecular complexity index is 1290. The monoisotopic (exact) mass is 516 g/mol. The molecule has 5 nitrogen and oxygen atoms in total. The highest BCUT2D eigenvalue weighted by Gasteiger charge is 2.12. The Balaban J connectivity index is 1.42. The molecule has 0 saturated heterocycles. The Morgan fingerprint density at radius 1 is 1.06 bits per heavy atom. The molecule has 4 aromatic rings.